The Kier molecular flexibility index (Phi) is 16.4. The number of hydrogen-bond acceptors (Lipinski definition) is 6. The molecular formula is C14H31F6N3O4S2. The van der Waals surface area contributed by atoms with Crippen LogP contribution in [0.25, 0.3) is 0 Å². The van der Waals surface area contributed by atoms with Crippen LogP contribution in [0.5, 0.6) is 0 Å². The molecule has 0 spiro atoms. The molecule has 7 nitrogen and oxygen atoms in total. The van der Waals surface area contributed by atoms with Gasteiger partial charge in [-0.15, -0.1) is 0 Å². The number of nitrogens with one attached hydrogen (secondary N) is 1. The Morgan fingerprint density at radius 1 is 0.552 bits per heavy atom. The third-order valence-corrected chi connectivity index (χ3v) is 6.49. The number of nitrogens with zero attached hydrogens (tertiary/aromatic N) is 2. The molecule has 0 aromatic carbocycles. The molecule has 1 N–H and O–H groups in total. The average molecular weight is 484 g/mol. The first-order valence-electron chi connectivity index (χ1n) is 8.76. The van der Waals surface area contributed by atoms with Gasteiger partial charge in [-0.25, -0.2) is 16.8 Å². The van der Waals surface area contributed by atoms with E-state index in [-0.39, 0.29) is 0 Å². The highest BCUT2D eigenvalue weighted by Crippen LogP contribution is 2.27. The summed E-state index contributed by atoms with van der Waals surface area (Å²) in [6.45, 7) is 20.2. The van der Waals surface area contributed by atoms with Gasteiger partial charge in [0.2, 0.25) is 0 Å². The molecule has 180 valence electrons. The van der Waals surface area contributed by atoms with Gasteiger partial charge in [0, 0.05) is 0 Å². The third kappa shape index (κ3) is 14.1. The molecule has 0 saturated carbocycles. The predicted molar refractivity (Wildman–Crippen MR) is 100 cm³/mol. The molecule has 0 bridgehead atoms. The summed E-state index contributed by atoms with van der Waals surface area (Å²) in [6, 6.07) is 0. The van der Waals surface area contributed by atoms with Crippen LogP contribution in [0.4, 0.5) is 26.3 Å². The second-order valence-electron chi connectivity index (χ2n) is 5.22. The van der Waals surface area contributed by atoms with Crippen molar-refractivity contribution in [3.05, 3.63) is 0 Å². The average Bonchev–Trinajstić information content (AvgIpc) is 2.56. The summed E-state index contributed by atoms with van der Waals surface area (Å²) in [5.41, 5.74) is -12.3. The van der Waals surface area contributed by atoms with Gasteiger partial charge >= 0.3 is 31.1 Å². The predicted octanol–water partition coefficient (Wildman–Crippen LogP) is 2.97. The van der Waals surface area contributed by atoms with Gasteiger partial charge in [0.1, 0.15) is 0 Å². The first-order chi connectivity index (χ1) is 12.9. The zero-order valence-electron chi connectivity index (χ0n) is 17.4. The van der Waals surface area contributed by atoms with Crippen molar-refractivity contribution in [3.63, 3.8) is 0 Å². The summed E-state index contributed by atoms with van der Waals surface area (Å²) < 4.78 is 108. The van der Waals surface area contributed by atoms with E-state index in [1.165, 1.54) is 39.3 Å². The first-order valence-corrected chi connectivity index (χ1v) is 11.7. The van der Waals surface area contributed by atoms with Crippen LogP contribution < -0.4 is 4.13 Å². The van der Waals surface area contributed by atoms with Crippen molar-refractivity contribution in [2.24, 2.45) is 0 Å². The molecule has 0 unspecified atom stereocenters. The zero-order valence-corrected chi connectivity index (χ0v) is 19.0. The SMILES string of the molecule is CCN(CC)CC.CCN(CC)CC.O=S(=O)(NS(=O)(=O)C(F)(F)F)C(F)(F)F. The molecule has 0 amide bonds. The lowest BCUT2D eigenvalue weighted by Crippen LogP contribution is -2.45. The standard InChI is InChI=1S/2C6H15N.C2HF6NO4S2/c2*1-4-7(5-2)6-3;3-1(4,5)14(10,11)9-15(12,13)2(6,7)8/h2*4-6H2,1-3H3;9H. The Labute approximate surface area is 169 Å². The van der Waals surface area contributed by atoms with E-state index in [0.29, 0.717) is 0 Å². The summed E-state index contributed by atoms with van der Waals surface area (Å²) in [4.78, 5) is 4.75. The van der Waals surface area contributed by atoms with E-state index in [1.807, 2.05) is 0 Å². The van der Waals surface area contributed by atoms with E-state index in [9.17, 15) is 43.2 Å². The largest absolute Gasteiger partial charge is 0.512 e. The molecule has 0 fully saturated rings. The highest BCUT2D eigenvalue weighted by atomic mass is 32.3. The summed E-state index contributed by atoms with van der Waals surface area (Å²) in [5.74, 6) is 0. The molecule has 0 heterocycles. The number of sulfonamides is 2. The van der Waals surface area contributed by atoms with Gasteiger partial charge in [0.25, 0.3) is 0 Å². The van der Waals surface area contributed by atoms with Crippen molar-refractivity contribution in [2.45, 2.75) is 52.6 Å². The van der Waals surface area contributed by atoms with Gasteiger partial charge in [-0.3, -0.25) is 0 Å². The van der Waals surface area contributed by atoms with Crippen LogP contribution in [0, 0.1) is 0 Å². The Balaban J connectivity index is -0.000000402. The molecule has 0 aromatic rings. The Bertz CT molecular complexity index is 549. The summed E-state index contributed by atoms with van der Waals surface area (Å²) in [6.07, 6.45) is 0. The highest BCUT2D eigenvalue weighted by Gasteiger charge is 2.55. The van der Waals surface area contributed by atoms with Crippen molar-refractivity contribution in [3.8, 4) is 0 Å². The lowest BCUT2D eigenvalue weighted by Gasteiger charge is -2.13. The summed E-state index contributed by atoms with van der Waals surface area (Å²) >= 11 is 0. The van der Waals surface area contributed by atoms with Crippen LogP contribution in [0.3, 0.4) is 0 Å². The van der Waals surface area contributed by atoms with Crippen LogP contribution in [-0.4, -0.2) is 76.9 Å². The van der Waals surface area contributed by atoms with E-state index >= 15 is 0 Å². The Morgan fingerprint density at radius 3 is 0.793 bits per heavy atom. The topological polar surface area (TPSA) is 86.8 Å². The molecule has 29 heavy (non-hydrogen) atoms. The van der Waals surface area contributed by atoms with Crippen molar-refractivity contribution in [2.75, 3.05) is 39.3 Å². The molecule has 0 rings (SSSR count). The van der Waals surface area contributed by atoms with E-state index in [1.54, 1.807) is 0 Å². The highest BCUT2D eigenvalue weighted by molar-refractivity contribution is 8.05. The van der Waals surface area contributed by atoms with Crippen molar-refractivity contribution >= 4 is 20.0 Å². The molecule has 15 heteroatoms. The van der Waals surface area contributed by atoms with Gasteiger partial charge < -0.3 is 9.80 Å². The van der Waals surface area contributed by atoms with Crippen LogP contribution in [0.15, 0.2) is 0 Å². The number of rotatable bonds is 8. The second-order valence-corrected chi connectivity index (χ2v) is 8.83. The molecule has 0 saturated heterocycles. The smallest absolute Gasteiger partial charge is 0.304 e. The molecule has 0 aliphatic heterocycles. The van der Waals surface area contributed by atoms with E-state index in [2.05, 4.69) is 51.3 Å². The molecule has 0 atom stereocenters. The van der Waals surface area contributed by atoms with Crippen molar-refractivity contribution < 1.29 is 43.2 Å². The minimum absolute atomic E-state index is 0.493. The molecule has 0 aliphatic carbocycles. The fourth-order valence-electron chi connectivity index (χ4n) is 1.58. The maximum Gasteiger partial charge on any atom is 0.512 e. The van der Waals surface area contributed by atoms with Gasteiger partial charge in [-0.1, -0.05) is 45.7 Å². The quantitative estimate of drug-likeness (QED) is 0.535. The van der Waals surface area contributed by atoms with Gasteiger partial charge in [0.05, 0.1) is 0 Å². The third-order valence-electron chi connectivity index (χ3n) is 3.51. The molecule has 0 aliphatic rings. The summed E-state index contributed by atoms with van der Waals surface area (Å²) in [7, 11) is -13.2. The Morgan fingerprint density at radius 2 is 0.724 bits per heavy atom. The van der Waals surface area contributed by atoms with Crippen molar-refractivity contribution in [1.82, 2.24) is 13.9 Å². The monoisotopic (exact) mass is 483 g/mol. The first kappa shape index (κ1) is 33.0. The zero-order chi connectivity index (χ0) is 24.1. The lowest BCUT2D eigenvalue weighted by molar-refractivity contribution is -0.0476. The summed E-state index contributed by atoms with van der Waals surface area (Å²) in [5, 5.41) is 0. The normalized spacial score (nSPS) is 12.9. The minimum Gasteiger partial charge on any atom is -0.304 e. The number of hydrogen-bond donors (Lipinski definition) is 1. The number of halogens is 6. The molecule has 0 radical (unpaired) electrons. The van der Waals surface area contributed by atoms with Crippen LogP contribution in [0.2, 0.25) is 0 Å². The van der Waals surface area contributed by atoms with E-state index in [0.717, 1.165) is 0 Å². The molecular weight excluding hydrogens is 452 g/mol. The van der Waals surface area contributed by atoms with Gasteiger partial charge in [-0.2, -0.15) is 26.3 Å². The van der Waals surface area contributed by atoms with Crippen molar-refractivity contribution in [1.29, 1.82) is 0 Å². The second kappa shape index (κ2) is 14.4. The van der Waals surface area contributed by atoms with E-state index < -0.39 is 35.2 Å². The van der Waals surface area contributed by atoms with Gasteiger partial charge in [-0.05, 0) is 39.3 Å². The van der Waals surface area contributed by atoms with Gasteiger partial charge in [0.15, 0.2) is 0 Å². The maximum absolute atomic E-state index is 11.5. The maximum atomic E-state index is 11.5. The lowest BCUT2D eigenvalue weighted by atomic mass is 10.5. The van der Waals surface area contributed by atoms with E-state index in [4.69, 9.17) is 0 Å². The van der Waals surface area contributed by atoms with Crippen LogP contribution in [-0.2, 0) is 20.0 Å². The van der Waals surface area contributed by atoms with Crippen LogP contribution in [0.1, 0.15) is 41.5 Å². The fraction of sp³-hybridized carbons (Fsp3) is 1.00. The fourth-order valence-corrected chi connectivity index (χ4v) is 3.49. The van der Waals surface area contributed by atoms with Crippen LogP contribution >= 0.6 is 0 Å². The Hall–Kier alpha value is -0.640. The minimum atomic E-state index is -6.60. The number of alkyl halides is 6. The molecule has 0 aromatic heterocycles.